The fourth-order valence-electron chi connectivity index (χ4n) is 1.19. The summed E-state index contributed by atoms with van der Waals surface area (Å²) in [5.74, 6) is 0. The van der Waals surface area contributed by atoms with E-state index in [1.807, 2.05) is 56.3 Å². The van der Waals surface area contributed by atoms with Crippen LogP contribution in [0, 0.1) is 0 Å². The Bertz CT molecular complexity index is 358. The molecule has 0 aromatic heterocycles. The van der Waals surface area contributed by atoms with Gasteiger partial charge in [0.25, 0.3) is 0 Å². The summed E-state index contributed by atoms with van der Waals surface area (Å²) in [7, 11) is 0. The van der Waals surface area contributed by atoms with E-state index in [1.54, 1.807) is 0 Å². The van der Waals surface area contributed by atoms with Crippen molar-refractivity contribution in [2.75, 3.05) is 0 Å². The van der Waals surface area contributed by atoms with Crippen LogP contribution in [0.5, 0.6) is 0 Å². The van der Waals surface area contributed by atoms with Crippen molar-refractivity contribution in [3.05, 3.63) is 60.3 Å². The van der Waals surface area contributed by atoms with Crippen molar-refractivity contribution in [2.24, 2.45) is 4.99 Å². The van der Waals surface area contributed by atoms with Gasteiger partial charge >= 0.3 is 0 Å². The van der Waals surface area contributed by atoms with Crippen molar-refractivity contribution in [3.63, 3.8) is 0 Å². The van der Waals surface area contributed by atoms with E-state index < -0.39 is 0 Å². The minimum Gasteiger partial charge on any atom is -0.254 e. The monoisotopic (exact) mass is 185 g/mol. The Kier molecular flexibility index (Phi) is 3.86. The first-order valence-electron chi connectivity index (χ1n) is 4.66. The highest BCUT2D eigenvalue weighted by Crippen LogP contribution is 2.04. The van der Waals surface area contributed by atoms with Crippen molar-refractivity contribution in [1.29, 1.82) is 0 Å². The molecule has 0 fully saturated rings. The largest absolute Gasteiger partial charge is 0.254 e. The second-order valence-electron chi connectivity index (χ2n) is 3.05. The van der Waals surface area contributed by atoms with Gasteiger partial charge in [0.1, 0.15) is 0 Å². The molecule has 72 valence electrons. The second kappa shape index (κ2) is 5.18. The lowest BCUT2D eigenvalue weighted by atomic mass is 10.1. The standard InChI is InChI=1S/C13H15N/c1-4-8-11(2)14-12(3)13-9-6-5-7-10-13/h4-10H,2H2,1,3H3/b8-4-,14-12+. The molecule has 1 heteroatoms. The van der Waals surface area contributed by atoms with Gasteiger partial charge < -0.3 is 0 Å². The van der Waals surface area contributed by atoms with Crippen molar-refractivity contribution < 1.29 is 0 Å². The van der Waals surface area contributed by atoms with Crippen molar-refractivity contribution in [1.82, 2.24) is 0 Å². The molecule has 0 aliphatic heterocycles. The van der Waals surface area contributed by atoms with Gasteiger partial charge in [0.15, 0.2) is 0 Å². The van der Waals surface area contributed by atoms with Gasteiger partial charge in [-0.25, -0.2) is 0 Å². The normalized spacial score (nSPS) is 12.0. The highest BCUT2D eigenvalue weighted by molar-refractivity contribution is 5.99. The molecule has 0 heterocycles. The third kappa shape index (κ3) is 3.02. The van der Waals surface area contributed by atoms with Crippen LogP contribution in [0.25, 0.3) is 0 Å². The van der Waals surface area contributed by atoms with E-state index in [-0.39, 0.29) is 0 Å². The summed E-state index contributed by atoms with van der Waals surface area (Å²) in [6.07, 6.45) is 3.83. The van der Waals surface area contributed by atoms with E-state index in [1.165, 1.54) is 0 Å². The van der Waals surface area contributed by atoms with Crippen LogP contribution in [-0.2, 0) is 0 Å². The van der Waals surface area contributed by atoms with Gasteiger partial charge in [0, 0.05) is 5.71 Å². The maximum Gasteiger partial charge on any atom is 0.0558 e. The highest BCUT2D eigenvalue weighted by atomic mass is 14.7. The van der Waals surface area contributed by atoms with Gasteiger partial charge in [-0.05, 0) is 25.5 Å². The molecule has 0 unspecified atom stereocenters. The first kappa shape index (κ1) is 10.5. The quantitative estimate of drug-likeness (QED) is 0.504. The number of aliphatic imine (C=N–C) groups is 1. The topological polar surface area (TPSA) is 12.4 Å². The maximum atomic E-state index is 4.37. The Morgan fingerprint density at radius 3 is 2.50 bits per heavy atom. The van der Waals surface area contributed by atoms with E-state index in [4.69, 9.17) is 0 Å². The first-order chi connectivity index (χ1) is 6.74. The fraction of sp³-hybridized carbons (Fsp3) is 0.154. The minimum atomic E-state index is 0.786. The summed E-state index contributed by atoms with van der Waals surface area (Å²) in [4.78, 5) is 4.37. The van der Waals surface area contributed by atoms with E-state index in [9.17, 15) is 0 Å². The molecule has 1 aromatic rings. The third-order valence-electron chi connectivity index (χ3n) is 1.86. The Labute approximate surface area is 85.5 Å². The minimum absolute atomic E-state index is 0.786. The predicted octanol–water partition coefficient (Wildman–Crippen LogP) is 3.59. The van der Waals surface area contributed by atoms with Crippen LogP contribution in [0.15, 0.2) is 59.8 Å². The third-order valence-corrected chi connectivity index (χ3v) is 1.86. The molecule has 0 bridgehead atoms. The average Bonchev–Trinajstić information content (AvgIpc) is 2.19. The van der Waals surface area contributed by atoms with E-state index in [2.05, 4.69) is 11.6 Å². The SMILES string of the molecule is C=C(/C=C\C)/N=C(\C)c1ccccc1. The van der Waals surface area contributed by atoms with Gasteiger partial charge in [0.05, 0.1) is 5.70 Å². The fourth-order valence-corrected chi connectivity index (χ4v) is 1.19. The lowest BCUT2D eigenvalue weighted by molar-refractivity contribution is 1.39. The van der Waals surface area contributed by atoms with Crippen LogP contribution >= 0.6 is 0 Å². The average molecular weight is 185 g/mol. The molecular formula is C13H15N. The number of allylic oxidation sites excluding steroid dienone is 2. The molecule has 14 heavy (non-hydrogen) atoms. The number of hydrogen-bond donors (Lipinski definition) is 0. The molecule has 1 aromatic carbocycles. The van der Waals surface area contributed by atoms with Crippen molar-refractivity contribution in [3.8, 4) is 0 Å². The molecule has 0 spiro atoms. The number of rotatable bonds is 3. The molecule has 1 nitrogen and oxygen atoms in total. The van der Waals surface area contributed by atoms with Crippen molar-refractivity contribution in [2.45, 2.75) is 13.8 Å². The van der Waals surface area contributed by atoms with Gasteiger partial charge in [-0.15, -0.1) is 0 Å². The molecule has 1 rings (SSSR count). The van der Waals surface area contributed by atoms with Gasteiger partial charge in [-0.2, -0.15) is 0 Å². The van der Waals surface area contributed by atoms with Gasteiger partial charge in [0.2, 0.25) is 0 Å². The van der Waals surface area contributed by atoms with Crippen LogP contribution in [0.4, 0.5) is 0 Å². The summed E-state index contributed by atoms with van der Waals surface area (Å²) >= 11 is 0. The van der Waals surface area contributed by atoms with Crippen LogP contribution < -0.4 is 0 Å². The smallest absolute Gasteiger partial charge is 0.0558 e. The predicted molar refractivity (Wildman–Crippen MR) is 62.6 cm³/mol. The first-order valence-corrected chi connectivity index (χ1v) is 4.66. The van der Waals surface area contributed by atoms with E-state index >= 15 is 0 Å². The summed E-state index contributed by atoms with van der Waals surface area (Å²) in [5, 5.41) is 0. The van der Waals surface area contributed by atoms with E-state index in [0.717, 1.165) is 17.0 Å². The lowest BCUT2D eigenvalue weighted by Crippen LogP contribution is -1.93. The number of nitrogens with zero attached hydrogens (tertiary/aromatic N) is 1. The lowest BCUT2D eigenvalue weighted by Gasteiger charge is -1.99. The Balaban J connectivity index is 2.85. The molecule has 0 aliphatic rings. The summed E-state index contributed by atoms with van der Waals surface area (Å²) in [6, 6.07) is 10.1. The Morgan fingerprint density at radius 2 is 1.93 bits per heavy atom. The zero-order chi connectivity index (χ0) is 10.4. The maximum absolute atomic E-state index is 4.37. The molecule has 0 aliphatic carbocycles. The Hall–Kier alpha value is -1.63. The zero-order valence-electron chi connectivity index (χ0n) is 8.70. The molecule has 0 amide bonds. The summed E-state index contributed by atoms with van der Waals surface area (Å²) in [5.41, 5.74) is 2.92. The molecule has 0 saturated heterocycles. The summed E-state index contributed by atoms with van der Waals surface area (Å²) < 4.78 is 0. The molecule has 0 atom stereocenters. The van der Waals surface area contributed by atoms with Crippen LogP contribution in [0.1, 0.15) is 19.4 Å². The molecule has 0 saturated carbocycles. The Morgan fingerprint density at radius 1 is 1.29 bits per heavy atom. The number of benzene rings is 1. The van der Waals surface area contributed by atoms with Crippen LogP contribution in [-0.4, -0.2) is 5.71 Å². The van der Waals surface area contributed by atoms with Crippen LogP contribution in [0.3, 0.4) is 0 Å². The van der Waals surface area contributed by atoms with E-state index in [0.29, 0.717) is 0 Å². The zero-order valence-corrected chi connectivity index (χ0v) is 8.70. The van der Waals surface area contributed by atoms with Crippen molar-refractivity contribution >= 4 is 5.71 Å². The van der Waals surface area contributed by atoms with Crippen LogP contribution in [0.2, 0.25) is 0 Å². The molecule has 0 N–H and O–H groups in total. The highest BCUT2D eigenvalue weighted by Gasteiger charge is 1.94. The number of hydrogen-bond acceptors (Lipinski definition) is 1. The van der Waals surface area contributed by atoms with Gasteiger partial charge in [-0.1, -0.05) is 43.0 Å². The molecule has 0 radical (unpaired) electrons. The molecular weight excluding hydrogens is 170 g/mol. The second-order valence-corrected chi connectivity index (χ2v) is 3.05. The van der Waals surface area contributed by atoms with Gasteiger partial charge in [-0.3, -0.25) is 4.99 Å². The summed E-state index contributed by atoms with van der Waals surface area (Å²) in [6.45, 7) is 7.78.